The molecule has 0 fully saturated rings. The molecule has 4 nitrogen and oxygen atoms in total. The molecule has 0 spiro atoms. The molecule has 0 saturated carbocycles. The first-order valence-corrected chi connectivity index (χ1v) is 4.84. The number of ether oxygens (including phenoxy) is 2. The van der Waals surface area contributed by atoms with Crippen molar-refractivity contribution in [2.75, 3.05) is 13.2 Å². The summed E-state index contributed by atoms with van der Waals surface area (Å²) in [5.41, 5.74) is 2.50. The highest BCUT2D eigenvalue weighted by Gasteiger charge is 2.27. The molecule has 15 heavy (non-hydrogen) atoms. The van der Waals surface area contributed by atoms with Crippen LogP contribution in [0.1, 0.15) is 20.3 Å². The highest BCUT2D eigenvalue weighted by Crippen LogP contribution is 2.09. The van der Waals surface area contributed by atoms with E-state index in [0.717, 1.165) is 0 Å². The maximum absolute atomic E-state index is 11.4. The van der Waals surface area contributed by atoms with Crippen molar-refractivity contribution in [3.63, 3.8) is 0 Å². The van der Waals surface area contributed by atoms with Crippen LogP contribution in [0.25, 0.3) is 0 Å². The summed E-state index contributed by atoms with van der Waals surface area (Å²) in [7, 11) is 0. The van der Waals surface area contributed by atoms with Crippen molar-refractivity contribution in [1.82, 2.24) is 0 Å². The third-order valence-corrected chi connectivity index (χ3v) is 1.64. The van der Waals surface area contributed by atoms with Gasteiger partial charge in [0, 0.05) is 0 Å². The van der Waals surface area contributed by atoms with Gasteiger partial charge >= 0.3 is 11.9 Å². The second-order valence-corrected chi connectivity index (χ2v) is 2.70. The SMILES string of the molecule is C=C=CCC(C(=O)OCC)C(=O)OCC. The summed E-state index contributed by atoms with van der Waals surface area (Å²) in [6.45, 7) is 7.21. The minimum absolute atomic E-state index is 0.209. The van der Waals surface area contributed by atoms with Gasteiger partial charge < -0.3 is 9.47 Å². The van der Waals surface area contributed by atoms with Crippen molar-refractivity contribution < 1.29 is 19.1 Å². The lowest BCUT2D eigenvalue weighted by Gasteiger charge is -2.11. The van der Waals surface area contributed by atoms with Gasteiger partial charge in [0.2, 0.25) is 0 Å². The highest BCUT2D eigenvalue weighted by atomic mass is 16.6. The van der Waals surface area contributed by atoms with Crippen LogP contribution in [-0.2, 0) is 19.1 Å². The van der Waals surface area contributed by atoms with E-state index in [1.807, 2.05) is 0 Å². The maximum atomic E-state index is 11.4. The zero-order chi connectivity index (χ0) is 11.7. The Balaban J connectivity index is 4.48. The van der Waals surface area contributed by atoms with Gasteiger partial charge in [-0.3, -0.25) is 9.59 Å². The molecule has 4 heteroatoms. The van der Waals surface area contributed by atoms with Gasteiger partial charge in [-0.1, -0.05) is 6.58 Å². The molecule has 0 heterocycles. The van der Waals surface area contributed by atoms with Gasteiger partial charge in [-0.15, -0.1) is 5.73 Å². The Morgan fingerprint density at radius 1 is 1.27 bits per heavy atom. The molecule has 0 aliphatic rings. The Bertz CT molecular complexity index is 246. The topological polar surface area (TPSA) is 52.6 Å². The molecule has 0 amide bonds. The molecule has 0 aliphatic heterocycles. The van der Waals surface area contributed by atoms with Gasteiger partial charge in [0.15, 0.2) is 5.92 Å². The van der Waals surface area contributed by atoms with E-state index in [1.165, 1.54) is 6.08 Å². The smallest absolute Gasteiger partial charge is 0.320 e. The molecule has 0 saturated heterocycles. The first-order valence-electron chi connectivity index (χ1n) is 4.84. The summed E-state index contributed by atoms with van der Waals surface area (Å²) in [5, 5.41) is 0. The fraction of sp³-hybridized carbons (Fsp3) is 0.545. The van der Waals surface area contributed by atoms with E-state index in [9.17, 15) is 9.59 Å². The number of rotatable bonds is 6. The molecular weight excluding hydrogens is 196 g/mol. The molecule has 0 aromatic rings. The van der Waals surface area contributed by atoms with Crippen molar-refractivity contribution in [3.8, 4) is 0 Å². The van der Waals surface area contributed by atoms with Crippen LogP contribution in [0.15, 0.2) is 18.4 Å². The van der Waals surface area contributed by atoms with E-state index in [-0.39, 0.29) is 19.6 Å². The third-order valence-electron chi connectivity index (χ3n) is 1.64. The second kappa shape index (κ2) is 7.83. The van der Waals surface area contributed by atoms with Crippen molar-refractivity contribution in [3.05, 3.63) is 18.4 Å². The second-order valence-electron chi connectivity index (χ2n) is 2.70. The number of hydrogen-bond acceptors (Lipinski definition) is 4. The normalized spacial score (nSPS) is 9.27. The van der Waals surface area contributed by atoms with E-state index in [4.69, 9.17) is 9.47 Å². The monoisotopic (exact) mass is 212 g/mol. The van der Waals surface area contributed by atoms with E-state index in [0.29, 0.717) is 0 Å². The number of hydrogen-bond donors (Lipinski definition) is 0. The first-order chi connectivity index (χ1) is 7.17. The van der Waals surface area contributed by atoms with Crippen LogP contribution in [0.4, 0.5) is 0 Å². The van der Waals surface area contributed by atoms with Crippen LogP contribution in [0, 0.1) is 5.92 Å². The van der Waals surface area contributed by atoms with Gasteiger partial charge in [0.05, 0.1) is 13.2 Å². The summed E-state index contributed by atoms with van der Waals surface area (Å²) in [6, 6.07) is 0. The summed E-state index contributed by atoms with van der Waals surface area (Å²) < 4.78 is 9.52. The predicted molar refractivity (Wildman–Crippen MR) is 55.1 cm³/mol. The van der Waals surface area contributed by atoms with E-state index in [2.05, 4.69) is 12.3 Å². The van der Waals surface area contributed by atoms with Gasteiger partial charge in [-0.05, 0) is 26.3 Å². The van der Waals surface area contributed by atoms with Crippen LogP contribution in [0.5, 0.6) is 0 Å². The van der Waals surface area contributed by atoms with E-state index >= 15 is 0 Å². The number of carbonyl (C=O) groups excluding carboxylic acids is 2. The largest absolute Gasteiger partial charge is 0.465 e. The Morgan fingerprint density at radius 2 is 1.73 bits per heavy atom. The van der Waals surface area contributed by atoms with Gasteiger partial charge in [-0.25, -0.2) is 0 Å². The fourth-order valence-corrected chi connectivity index (χ4v) is 0.976. The Hall–Kier alpha value is -1.54. The van der Waals surface area contributed by atoms with Crippen LogP contribution < -0.4 is 0 Å². The zero-order valence-corrected chi connectivity index (χ0v) is 9.12. The Morgan fingerprint density at radius 3 is 2.07 bits per heavy atom. The molecule has 0 radical (unpaired) electrons. The predicted octanol–water partition coefficient (Wildman–Crippen LogP) is 1.46. The van der Waals surface area contributed by atoms with Gasteiger partial charge in [0.1, 0.15) is 0 Å². The van der Waals surface area contributed by atoms with Crippen LogP contribution in [0.3, 0.4) is 0 Å². The summed E-state index contributed by atoms with van der Waals surface area (Å²) >= 11 is 0. The highest BCUT2D eigenvalue weighted by molar-refractivity contribution is 5.95. The molecule has 0 aliphatic carbocycles. The Kier molecular flexibility index (Phi) is 7.02. The van der Waals surface area contributed by atoms with Gasteiger partial charge in [-0.2, -0.15) is 0 Å². The summed E-state index contributed by atoms with van der Waals surface area (Å²) in [4.78, 5) is 22.7. The van der Waals surface area contributed by atoms with Crippen molar-refractivity contribution in [1.29, 1.82) is 0 Å². The van der Waals surface area contributed by atoms with Crippen LogP contribution >= 0.6 is 0 Å². The molecule has 0 rings (SSSR count). The van der Waals surface area contributed by atoms with Crippen molar-refractivity contribution >= 4 is 11.9 Å². The lowest BCUT2D eigenvalue weighted by Crippen LogP contribution is -2.27. The third kappa shape index (κ3) is 5.03. The minimum atomic E-state index is -0.904. The zero-order valence-electron chi connectivity index (χ0n) is 9.12. The fourth-order valence-electron chi connectivity index (χ4n) is 0.976. The van der Waals surface area contributed by atoms with Crippen LogP contribution in [-0.4, -0.2) is 25.2 Å². The van der Waals surface area contributed by atoms with E-state index < -0.39 is 17.9 Å². The molecule has 0 aromatic carbocycles. The number of esters is 2. The van der Waals surface area contributed by atoms with Crippen molar-refractivity contribution in [2.24, 2.45) is 5.92 Å². The molecule has 0 bridgehead atoms. The molecule has 0 unspecified atom stereocenters. The Labute approximate surface area is 89.6 Å². The first kappa shape index (κ1) is 13.5. The number of allylic oxidation sites excluding steroid dienone is 1. The molecule has 84 valence electrons. The molecule has 0 N–H and O–H groups in total. The summed E-state index contributed by atoms with van der Waals surface area (Å²) in [6.07, 6.45) is 1.72. The average molecular weight is 212 g/mol. The molecule has 0 atom stereocenters. The van der Waals surface area contributed by atoms with Gasteiger partial charge in [0.25, 0.3) is 0 Å². The molecule has 0 aromatic heterocycles. The lowest BCUT2D eigenvalue weighted by atomic mass is 10.1. The quantitative estimate of drug-likeness (QED) is 0.380. The summed E-state index contributed by atoms with van der Waals surface area (Å²) in [5.74, 6) is -2.04. The molecular formula is C11H16O4. The van der Waals surface area contributed by atoms with Crippen molar-refractivity contribution in [2.45, 2.75) is 20.3 Å². The number of carbonyl (C=O) groups is 2. The van der Waals surface area contributed by atoms with Crippen LogP contribution in [0.2, 0.25) is 0 Å². The lowest BCUT2D eigenvalue weighted by molar-refractivity contribution is -0.161. The van der Waals surface area contributed by atoms with E-state index in [1.54, 1.807) is 13.8 Å². The standard InChI is InChI=1S/C11H16O4/c1-4-7-8-9(10(12)14-5-2)11(13)15-6-3/h7,9H,1,5-6,8H2,2-3H3. The maximum Gasteiger partial charge on any atom is 0.320 e. The average Bonchev–Trinajstić information content (AvgIpc) is 2.19. The minimum Gasteiger partial charge on any atom is -0.465 e.